The number of rotatable bonds is 10. The van der Waals surface area contributed by atoms with Crippen molar-refractivity contribution in [2.75, 3.05) is 26.7 Å². The molecule has 1 unspecified atom stereocenters. The number of nitrogens with one attached hydrogen (secondary N) is 3. The summed E-state index contributed by atoms with van der Waals surface area (Å²) < 4.78 is 11.1. The van der Waals surface area contributed by atoms with Gasteiger partial charge in [0.15, 0.2) is 5.96 Å². The molecule has 2 aromatic carbocycles. The van der Waals surface area contributed by atoms with Gasteiger partial charge in [-0.05, 0) is 31.5 Å². The highest BCUT2D eigenvalue weighted by Crippen LogP contribution is 2.19. The summed E-state index contributed by atoms with van der Waals surface area (Å²) in [6, 6.07) is 17.3. The molecule has 1 amide bonds. The molecule has 1 atom stereocenters. The van der Waals surface area contributed by atoms with E-state index in [4.69, 9.17) is 9.47 Å². The van der Waals surface area contributed by atoms with E-state index in [1.807, 2.05) is 68.4 Å². The van der Waals surface area contributed by atoms with Gasteiger partial charge in [-0.3, -0.25) is 4.79 Å². The van der Waals surface area contributed by atoms with E-state index in [9.17, 15) is 4.79 Å². The highest BCUT2D eigenvalue weighted by Gasteiger charge is 2.07. The van der Waals surface area contributed by atoms with Crippen LogP contribution in [0.1, 0.15) is 19.4 Å². The normalized spacial score (nSPS) is 11.6. The second-order valence-electron chi connectivity index (χ2n) is 6.45. The molecule has 0 saturated carbocycles. The summed E-state index contributed by atoms with van der Waals surface area (Å²) in [5.74, 6) is 1.93. The van der Waals surface area contributed by atoms with Crippen LogP contribution in [0.2, 0.25) is 0 Å². The monoisotopic (exact) mass is 526 g/mol. The number of ether oxygens (including phenoxy) is 2. The van der Waals surface area contributed by atoms with Crippen molar-refractivity contribution < 1.29 is 14.3 Å². The molecule has 0 aromatic heterocycles. The van der Waals surface area contributed by atoms with E-state index in [-0.39, 0.29) is 42.5 Å². The van der Waals surface area contributed by atoms with Crippen LogP contribution in [0.4, 0.5) is 0 Å². The van der Waals surface area contributed by atoms with Crippen molar-refractivity contribution >= 4 is 35.8 Å². The van der Waals surface area contributed by atoms with Crippen LogP contribution in [0.15, 0.2) is 59.6 Å². The Bertz CT molecular complexity index is 787. The lowest BCUT2D eigenvalue weighted by Gasteiger charge is -2.18. The van der Waals surface area contributed by atoms with Gasteiger partial charge in [-0.2, -0.15) is 0 Å². The van der Waals surface area contributed by atoms with Gasteiger partial charge in [0.05, 0.1) is 13.7 Å². The molecular weight excluding hydrogens is 495 g/mol. The summed E-state index contributed by atoms with van der Waals surface area (Å²) in [5.41, 5.74) is 1.05. The quantitative estimate of drug-likeness (QED) is 0.252. The third kappa shape index (κ3) is 9.82. The lowest BCUT2D eigenvalue weighted by Crippen LogP contribution is -2.42. The Morgan fingerprint density at radius 2 is 1.77 bits per heavy atom. The minimum Gasteiger partial charge on any atom is -0.497 e. The number of aliphatic imine (C=N–C) groups is 1. The van der Waals surface area contributed by atoms with Crippen molar-refractivity contribution in [3.63, 3.8) is 0 Å². The van der Waals surface area contributed by atoms with Crippen molar-refractivity contribution in [2.45, 2.75) is 26.5 Å². The SMILES string of the molecule is CCNC(=NCC(=O)NCc1ccccc1)NCC(C)Oc1cccc(OC)c1.I. The van der Waals surface area contributed by atoms with E-state index < -0.39 is 0 Å². The maximum atomic E-state index is 12.1. The maximum absolute atomic E-state index is 12.1. The molecule has 164 valence electrons. The Labute approximate surface area is 195 Å². The number of methoxy groups -OCH3 is 1. The van der Waals surface area contributed by atoms with Crippen molar-refractivity contribution in [1.82, 2.24) is 16.0 Å². The fraction of sp³-hybridized carbons (Fsp3) is 0.364. The number of hydrogen-bond acceptors (Lipinski definition) is 4. The molecule has 0 spiro atoms. The number of amides is 1. The molecule has 0 aliphatic heterocycles. The van der Waals surface area contributed by atoms with Gasteiger partial charge < -0.3 is 25.4 Å². The Morgan fingerprint density at radius 3 is 2.47 bits per heavy atom. The first-order chi connectivity index (χ1) is 14.1. The smallest absolute Gasteiger partial charge is 0.242 e. The number of guanidine groups is 1. The second-order valence-corrected chi connectivity index (χ2v) is 6.45. The Morgan fingerprint density at radius 1 is 1.03 bits per heavy atom. The van der Waals surface area contributed by atoms with Crippen molar-refractivity contribution in [1.29, 1.82) is 0 Å². The van der Waals surface area contributed by atoms with Crippen LogP contribution in [0, 0.1) is 0 Å². The predicted molar refractivity (Wildman–Crippen MR) is 131 cm³/mol. The van der Waals surface area contributed by atoms with Crippen molar-refractivity contribution in [3.8, 4) is 11.5 Å². The third-order valence-electron chi connectivity index (χ3n) is 3.99. The van der Waals surface area contributed by atoms with Crippen LogP contribution in [0.3, 0.4) is 0 Å². The van der Waals surface area contributed by atoms with E-state index in [1.54, 1.807) is 7.11 Å². The van der Waals surface area contributed by atoms with Gasteiger partial charge in [0.25, 0.3) is 0 Å². The number of carbonyl (C=O) groups is 1. The largest absolute Gasteiger partial charge is 0.497 e. The second kappa shape index (κ2) is 14.5. The predicted octanol–water partition coefficient (Wildman–Crippen LogP) is 2.95. The minimum atomic E-state index is -0.133. The zero-order valence-corrected chi connectivity index (χ0v) is 20.0. The molecule has 7 nitrogen and oxygen atoms in total. The van der Waals surface area contributed by atoms with Gasteiger partial charge in [0, 0.05) is 19.2 Å². The Balaban J connectivity index is 0.00000450. The van der Waals surface area contributed by atoms with Gasteiger partial charge in [0.2, 0.25) is 5.91 Å². The van der Waals surface area contributed by atoms with Crippen LogP contribution in [-0.2, 0) is 11.3 Å². The average Bonchev–Trinajstić information content (AvgIpc) is 2.75. The molecule has 0 heterocycles. The Hall–Kier alpha value is -2.49. The third-order valence-corrected chi connectivity index (χ3v) is 3.99. The fourth-order valence-corrected chi connectivity index (χ4v) is 2.53. The van der Waals surface area contributed by atoms with E-state index in [1.165, 1.54) is 0 Å². The van der Waals surface area contributed by atoms with Crippen LogP contribution >= 0.6 is 24.0 Å². The number of nitrogens with zero attached hydrogens (tertiary/aromatic N) is 1. The number of benzene rings is 2. The molecule has 0 fully saturated rings. The van der Waals surface area contributed by atoms with Gasteiger partial charge >= 0.3 is 0 Å². The van der Waals surface area contributed by atoms with Crippen LogP contribution in [0.5, 0.6) is 11.5 Å². The lowest BCUT2D eigenvalue weighted by molar-refractivity contribution is -0.119. The minimum absolute atomic E-state index is 0. The van der Waals surface area contributed by atoms with Gasteiger partial charge in [0.1, 0.15) is 24.1 Å². The molecule has 0 radical (unpaired) electrons. The van der Waals surface area contributed by atoms with Crippen LogP contribution in [0.25, 0.3) is 0 Å². The summed E-state index contributed by atoms with van der Waals surface area (Å²) in [4.78, 5) is 16.4. The topological polar surface area (TPSA) is 84.0 Å². The van der Waals surface area contributed by atoms with E-state index in [2.05, 4.69) is 20.9 Å². The summed E-state index contributed by atoms with van der Waals surface area (Å²) in [6.07, 6.45) is -0.0992. The molecule has 2 aromatic rings. The Kier molecular flexibility index (Phi) is 12.3. The van der Waals surface area contributed by atoms with E-state index >= 15 is 0 Å². The zero-order chi connectivity index (χ0) is 20.9. The van der Waals surface area contributed by atoms with E-state index in [0.29, 0.717) is 25.6 Å². The molecule has 0 saturated heterocycles. The molecule has 30 heavy (non-hydrogen) atoms. The first-order valence-corrected chi connectivity index (χ1v) is 9.74. The van der Waals surface area contributed by atoms with Gasteiger partial charge in [-0.25, -0.2) is 4.99 Å². The van der Waals surface area contributed by atoms with E-state index in [0.717, 1.165) is 17.1 Å². The lowest BCUT2D eigenvalue weighted by atomic mass is 10.2. The maximum Gasteiger partial charge on any atom is 0.242 e. The molecule has 2 rings (SSSR count). The summed E-state index contributed by atoms with van der Waals surface area (Å²) >= 11 is 0. The van der Waals surface area contributed by atoms with Crippen LogP contribution in [-0.4, -0.2) is 44.7 Å². The van der Waals surface area contributed by atoms with Crippen molar-refractivity contribution in [3.05, 3.63) is 60.2 Å². The molecule has 8 heteroatoms. The average molecular weight is 526 g/mol. The molecule has 0 bridgehead atoms. The van der Waals surface area contributed by atoms with Crippen molar-refractivity contribution in [2.24, 2.45) is 4.99 Å². The molecular formula is C22H31IN4O3. The number of carbonyl (C=O) groups excluding carboxylic acids is 1. The molecule has 0 aliphatic carbocycles. The highest BCUT2D eigenvalue weighted by molar-refractivity contribution is 14.0. The number of hydrogen-bond donors (Lipinski definition) is 3. The molecule has 3 N–H and O–H groups in total. The standard InChI is InChI=1S/C22H30N4O3.HI/c1-4-23-22(26-16-21(27)24-15-18-9-6-5-7-10-18)25-14-17(2)29-20-12-8-11-19(13-20)28-3;/h5-13,17H,4,14-16H2,1-3H3,(H,24,27)(H2,23,25,26);1H. The summed E-state index contributed by atoms with van der Waals surface area (Å²) in [7, 11) is 1.62. The first kappa shape index (κ1) is 25.5. The zero-order valence-electron chi connectivity index (χ0n) is 17.7. The summed E-state index contributed by atoms with van der Waals surface area (Å²) in [6.45, 7) is 5.71. The highest BCUT2D eigenvalue weighted by atomic mass is 127. The summed E-state index contributed by atoms with van der Waals surface area (Å²) in [5, 5.41) is 9.20. The van der Waals surface area contributed by atoms with Crippen LogP contribution < -0.4 is 25.4 Å². The van der Waals surface area contributed by atoms with Gasteiger partial charge in [-0.1, -0.05) is 36.4 Å². The molecule has 0 aliphatic rings. The number of halogens is 1. The van der Waals surface area contributed by atoms with Gasteiger partial charge in [-0.15, -0.1) is 24.0 Å². The first-order valence-electron chi connectivity index (χ1n) is 9.74. The fourth-order valence-electron chi connectivity index (χ4n) is 2.53.